The number of fused-ring (bicyclic) bond motifs is 1. The lowest BCUT2D eigenvalue weighted by atomic mass is 10.2. The lowest BCUT2D eigenvalue weighted by molar-refractivity contribution is 0.0929. The van der Waals surface area contributed by atoms with Crippen LogP contribution in [-0.2, 0) is 0 Å². The zero-order valence-corrected chi connectivity index (χ0v) is 16.8. The maximum atomic E-state index is 12.4. The second-order valence-corrected chi connectivity index (χ2v) is 8.32. The molecule has 0 spiro atoms. The fourth-order valence-corrected chi connectivity index (χ4v) is 4.65. The quantitative estimate of drug-likeness (QED) is 0.410. The molecule has 0 saturated carbocycles. The molecule has 0 aliphatic carbocycles. The van der Waals surface area contributed by atoms with E-state index in [9.17, 15) is 14.7 Å². The molecule has 29 heavy (non-hydrogen) atoms. The third-order valence-electron chi connectivity index (χ3n) is 4.16. The Morgan fingerprint density at radius 2 is 1.59 bits per heavy atom. The molecule has 4 aromatic rings. The first-order chi connectivity index (χ1) is 14.1. The third kappa shape index (κ3) is 4.44. The van der Waals surface area contributed by atoms with Crippen LogP contribution in [0.2, 0.25) is 0 Å². The van der Waals surface area contributed by atoms with Gasteiger partial charge in [0.1, 0.15) is 10.8 Å². The number of nitrogens with zero attached hydrogens (tertiary/aromatic N) is 1. The van der Waals surface area contributed by atoms with Crippen LogP contribution in [0.1, 0.15) is 20.0 Å². The molecule has 2 heterocycles. The molecule has 0 bridgehead atoms. The molecule has 3 N–H and O–H groups in total. The number of rotatable bonds is 6. The summed E-state index contributed by atoms with van der Waals surface area (Å²) < 4.78 is 1.12. The summed E-state index contributed by atoms with van der Waals surface area (Å²) in [6.45, 7) is 0.624. The summed E-state index contributed by atoms with van der Waals surface area (Å²) >= 11 is 3.00. The van der Waals surface area contributed by atoms with Crippen molar-refractivity contribution in [3.63, 3.8) is 0 Å². The minimum Gasteiger partial charge on any atom is -0.508 e. The Hall–Kier alpha value is -3.23. The van der Waals surface area contributed by atoms with E-state index in [1.54, 1.807) is 29.5 Å². The van der Waals surface area contributed by atoms with Gasteiger partial charge in [-0.2, -0.15) is 0 Å². The van der Waals surface area contributed by atoms with Crippen LogP contribution >= 0.6 is 22.7 Å². The second-order valence-electron chi connectivity index (χ2n) is 6.21. The molecule has 6 nitrogen and oxygen atoms in total. The van der Waals surface area contributed by atoms with Crippen LogP contribution in [0.15, 0.2) is 60.7 Å². The Balaban J connectivity index is 1.30. The number of hydrogen-bond acceptors (Lipinski definition) is 6. The summed E-state index contributed by atoms with van der Waals surface area (Å²) in [6.07, 6.45) is 0. The number of thiazole rings is 1. The molecular weight excluding hydrogens is 406 g/mol. The van der Waals surface area contributed by atoms with Crippen molar-refractivity contribution in [2.75, 3.05) is 13.1 Å². The molecule has 4 rings (SSSR count). The van der Waals surface area contributed by atoms with E-state index in [4.69, 9.17) is 0 Å². The average Bonchev–Trinajstić information content (AvgIpc) is 3.38. The molecule has 0 radical (unpaired) electrons. The van der Waals surface area contributed by atoms with Crippen LogP contribution in [0.3, 0.4) is 0 Å². The van der Waals surface area contributed by atoms with Crippen LogP contribution in [0.4, 0.5) is 0 Å². The molecule has 0 unspecified atom stereocenters. The predicted octanol–water partition coefficient (Wildman–Crippen LogP) is 3.89. The number of nitrogens with one attached hydrogen (secondary N) is 2. The lowest BCUT2D eigenvalue weighted by Gasteiger charge is -2.06. The number of aromatic nitrogens is 1. The van der Waals surface area contributed by atoms with Crippen LogP contribution in [0, 0.1) is 0 Å². The highest BCUT2D eigenvalue weighted by atomic mass is 32.1. The van der Waals surface area contributed by atoms with Crippen LogP contribution in [0.5, 0.6) is 5.75 Å². The van der Waals surface area contributed by atoms with Crippen LogP contribution in [0.25, 0.3) is 20.1 Å². The summed E-state index contributed by atoms with van der Waals surface area (Å²) in [7, 11) is 0. The largest absolute Gasteiger partial charge is 0.508 e. The van der Waals surface area contributed by atoms with Gasteiger partial charge in [0.05, 0.1) is 20.0 Å². The van der Waals surface area contributed by atoms with Gasteiger partial charge in [0, 0.05) is 18.7 Å². The summed E-state index contributed by atoms with van der Waals surface area (Å²) in [4.78, 5) is 30.5. The summed E-state index contributed by atoms with van der Waals surface area (Å²) in [5.74, 6) is -0.329. The SMILES string of the molecule is O=C(NCCNC(=O)c1ccc(-c2nc3ccccc3s2)s1)c1ccc(O)cc1. The van der Waals surface area contributed by atoms with E-state index in [-0.39, 0.29) is 17.6 Å². The smallest absolute Gasteiger partial charge is 0.261 e. The van der Waals surface area contributed by atoms with Crippen molar-refractivity contribution < 1.29 is 14.7 Å². The van der Waals surface area contributed by atoms with Gasteiger partial charge in [0.2, 0.25) is 0 Å². The molecule has 0 atom stereocenters. The molecule has 0 saturated heterocycles. The maximum absolute atomic E-state index is 12.4. The molecular formula is C21H17N3O3S2. The standard InChI is InChI=1S/C21H17N3O3S2/c25-14-7-5-13(6-8-14)19(26)22-11-12-23-20(27)17-9-10-18(28-17)21-24-15-3-1-2-4-16(15)29-21/h1-10,25H,11-12H2,(H,22,26)(H,23,27). The predicted molar refractivity (Wildman–Crippen MR) is 116 cm³/mol. The number of phenolic OH excluding ortho intramolecular Hbond substituents is 1. The number of aromatic hydroxyl groups is 1. The Kier molecular flexibility index (Phi) is 5.55. The van der Waals surface area contributed by atoms with E-state index in [0.717, 1.165) is 20.1 Å². The van der Waals surface area contributed by atoms with Gasteiger partial charge in [0.25, 0.3) is 11.8 Å². The van der Waals surface area contributed by atoms with Gasteiger partial charge in [-0.1, -0.05) is 12.1 Å². The number of benzene rings is 2. The van der Waals surface area contributed by atoms with E-state index in [0.29, 0.717) is 23.5 Å². The van der Waals surface area contributed by atoms with E-state index in [2.05, 4.69) is 15.6 Å². The van der Waals surface area contributed by atoms with E-state index in [1.165, 1.54) is 23.5 Å². The minimum atomic E-state index is -0.256. The fourth-order valence-electron chi connectivity index (χ4n) is 2.71. The summed E-state index contributed by atoms with van der Waals surface area (Å²) in [6, 6.07) is 17.6. The van der Waals surface area contributed by atoms with Gasteiger partial charge < -0.3 is 15.7 Å². The van der Waals surface area contributed by atoms with Crippen molar-refractivity contribution in [3.8, 4) is 15.6 Å². The van der Waals surface area contributed by atoms with E-state index < -0.39 is 0 Å². The number of phenols is 1. The lowest BCUT2D eigenvalue weighted by Crippen LogP contribution is -2.34. The Bertz CT molecular complexity index is 1130. The van der Waals surface area contributed by atoms with Gasteiger partial charge in [-0.05, 0) is 48.5 Å². The van der Waals surface area contributed by atoms with Crippen molar-refractivity contribution in [1.82, 2.24) is 15.6 Å². The zero-order valence-electron chi connectivity index (χ0n) is 15.2. The average molecular weight is 424 g/mol. The molecule has 2 aromatic carbocycles. The number of carbonyl (C=O) groups excluding carboxylic acids is 2. The minimum absolute atomic E-state index is 0.106. The maximum Gasteiger partial charge on any atom is 0.261 e. The first-order valence-corrected chi connectivity index (χ1v) is 10.5. The van der Waals surface area contributed by atoms with Gasteiger partial charge in [-0.25, -0.2) is 4.98 Å². The van der Waals surface area contributed by atoms with Crippen LogP contribution in [-0.4, -0.2) is 35.0 Å². The normalized spacial score (nSPS) is 10.8. The zero-order chi connectivity index (χ0) is 20.2. The van der Waals surface area contributed by atoms with E-state index in [1.807, 2.05) is 30.3 Å². The van der Waals surface area contributed by atoms with Gasteiger partial charge in [0.15, 0.2) is 0 Å². The molecule has 0 fully saturated rings. The number of amides is 2. The van der Waals surface area contributed by atoms with Gasteiger partial charge >= 0.3 is 0 Å². The third-order valence-corrected chi connectivity index (χ3v) is 6.45. The summed E-state index contributed by atoms with van der Waals surface area (Å²) in [5, 5.41) is 15.7. The van der Waals surface area contributed by atoms with E-state index >= 15 is 0 Å². The second kappa shape index (κ2) is 8.42. The molecule has 2 amide bonds. The molecule has 8 heteroatoms. The van der Waals surface area contributed by atoms with Crippen molar-refractivity contribution in [2.45, 2.75) is 0 Å². The number of thiophene rings is 1. The Morgan fingerprint density at radius 3 is 2.34 bits per heavy atom. The number of para-hydroxylation sites is 1. The van der Waals surface area contributed by atoms with Gasteiger partial charge in [-0.15, -0.1) is 22.7 Å². The first-order valence-electron chi connectivity index (χ1n) is 8.91. The molecule has 146 valence electrons. The highest BCUT2D eigenvalue weighted by Crippen LogP contribution is 2.34. The highest BCUT2D eigenvalue weighted by molar-refractivity contribution is 7.26. The molecule has 0 aliphatic rings. The van der Waals surface area contributed by atoms with Crippen molar-refractivity contribution in [2.24, 2.45) is 0 Å². The Morgan fingerprint density at radius 1 is 0.862 bits per heavy atom. The fraction of sp³-hybridized carbons (Fsp3) is 0.0952. The van der Waals surface area contributed by atoms with Crippen molar-refractivity contribution >= 4 is 44.7 Å². The topological polar surface area (TPSA) is 91.3 Å². The highest BCUT2D eigenvalue weighted by Gasteiger charge is 2.13. The summed E-state index contributed by atoms with van der Waals surface area (Å²) in [5.41, 5.74) is 1.41. The monoisotopic (exact) mass is 423 g/mol. The van der Waals surface area contributed by atoms with Gasteiger partial charge in [-0.3, -0.25) is 9.59 Å². The molecule has 2 aromatic heterocycles. The Labute approximate surface area is 174 Å². The van der Waals surface area contributed by atoms with Crippen molar-refractivity contribution in [1.29, 1.82) is 0 Å². The first kappa shape index (κ1) is 19.1. The van der Waals surface area contributed by atoms with Crippen LogP contribution < -0.4 is 10.6 Å². The van der Waals surface area contributed by atoms with Crippen molar-refractivity contribution in [3.05, 3.63) is 71.1 Å². The molecule has 0 aliphatic heterocycles. The number of carbonyl (C=O) groups is 2. The number of hydrogen-bond donors (Lipinski definition) is 3.